The number of nitrogens with zero attached hydrogens (tertiary/aromatic N) is 5. The quantitative estimate of drug-likeness (QED) is 0.579. The molecular weight excluding hydrogens is 398 g/mol. The van der Waals surface area contributed by atoms with Crippen LogP contribution in [0, 0.1) is 0 Å². The summed E-state index contributed by atoms with van der Waals surface area (Å²) in [5.41, 5.74) is 1.86. The summed E-state index contributed by atoms with van der Waals surface area (Å²) in [5.74, 6) is 1.02. The van der Waals surface area contributed by atoms with Gasteiger partial charge in [-0.3, -0.25) is 9.69 Å². The van der Waals surface area contributed by atoms with E-state index in [9.17, 15) is 4.79 Å². The Bertz CT molecular complexity index is 1020. The third-order valence-corrected chi connectivity index (χ3v) is 6.66. The van der Waals surface area contributed by atoms with Gasteiger partial charge in [0.1, 0.15) is 12.4 Å². The molecule has 1 amide bonds. The van der Waals surface area contributed by atoms with Crippen LogP contribution in [0.1, 0.15) is 43.3 Å². The molecule has 30 heavy (non-hydrogen) atoms. The third-order valence-electron chi connectivity index (χ3n) is 5.74. The third kappa shape index (κ3) is 3.67. The number of carbonyl (C=O) groups excluding carboxylic acids is 1. The Balaban J connectivity index is 1.39. The number of fused-ring (bicyclic) bond motifs is 1. The first-order valence-corrected chi connectivity index (χ1v) is 11.3. The van der Waals surface area contributed by atoms with Crippen LogP contribution in [0.25, 0.3) is 0 Å². The lowest BCUT2D eigenvalue weighted by molar-refractivity contribution is -0.117. The van der Waals surface area contributed by atoms with Crippen molar-refractivity contribution >= 4 is 23.4 Å². The second kappa shape index (κ2) is 8.47. The predicted molar refractivity (Wildman–Crippen MR) is 115 cm³/mol. The fourth-order valence-corrected chi connectivity index (χ4v) is 5.08. The zero-order valence-electron chi connectivity index (χ0n) is 16.6. The summed E-state index contributed by atoms with van der Waals surface area (Å²) in [7, 11) is 0. The van der Waals surface area contributed by atoms with E-state index in [1.165, 1.54) is 24.6 Å². The fourth-order valence-electron chi connectivity index (χ4n) is 4.27. The zero-order chi connectivity index (χ0) is 20.3. The Morgan fingerprint density at radius 3 is 2.67 bits per heavy atom. The summed E-state index contributed by atoms with van der Waals surface area (Å²) >= 11 is 1.41. The van der Waals surface area contributed by atoms with Gasteiger partial charge in [0.25, 0.3) is 0 Å². The highest BCUT2D eigenvalue weighted by atomic mass is 32.2. The number of ether oxygens (including phenoxy) is 1. The van der Waals surface area contributed by atoms with Crippen molar-refractivity contribution in [2.45, 2.75) is 42.9 Å². The van der Waals surface area contributed by atoms with Gasteiger partial charge in [0.2, 0.25) is 11.1 Å². The van der Waals surface area contributed by atoms with Gasteiger partial charge in [0.15, 0.2) is 0 Å². The van der Waals surface area contributed by atoms with Crippen LogP contribution < -0.4 is 9.64 Å². The Hall–Kier alpha value is -2.87. The van der Waals surface area contributed by atoms with E-state index in [4.69, 9.17) is 4.74 Å². The number of aromatic nitrogens is 4. The minimum absolute atomic E-state index is 0.0191. The van der Waals surface area contributed by atoms with E-state index in [0.29, 0.717) is 17.8 Å². The monoisotopic (exact) mass is 421 g/mol. The number of thioether (sulfide) groups is 1. The van der Waals surface area contributed by atoms with Crippen LogP contribution >= 0.6 is 11.8 Å². The molecule has 0 unspecified atom stereocenters. The van der Waals surface area contributed by atoms with E-state index < -0.39 is 0 Å². The average molecular weight is 422 g/mol. The molecule has 0 N–H and O–H groups in total. The van der Waals surface area contributed by atoms with Gasteiger partial charge in [-0.2, -0.15) is 0 Å². The molecule has 1 fully saturated rings. The molecule has 1 saturated carbocycles. The van der Waals surface area contributed by atoms with Crippen molar-refractivity contribution in [3.8, 4) is 5.75 Å². The van der Waals surface area contributed by atoms with Crippen molar-refractivity contribution in [2.75, 3.05) is 17.3 Å². The highest BCUT2D eigenvalue weighted by Crippen LogP contribution is 2.40. The summed E-state index contributed by atoms with van der Waals surface area (Å²) < 4.78 is 7.87. The number of rotatable bonds is 5. The summed E-state index contributed by atoms with van der Waals surface area (Å²) in [6, 6.07) is 17.9. The van der Waals surface area contributed by atoms with Crippen LogP contribution in [0.4, 0.5) is 5.69 Å². The Labute approximate surface area is 179 Å². The van der Waals surface area contributed by atoms with Gasteiger partial charge in [-0.05, 0) is 41.0 Å². The van der Waals surface area contributed by atoms with E-state index in [0.717, 1.165) is 29.8 Å². The first-order valence-electron chi connectivity index (χ1n) is 10.3. The maximum absolute atomic E-state index is 13.4. The van der Waals surface area contributed by atoms with Crippen LogP contribution in [0.15, 0.2) is 59.8 Å². The molecule has 5 rings (SSSR count). The van der Waals surface area contributed by atoms with E-state index in [1.807, 2.05) is 64.2 Å². The summed E-state index contributed by atoms with van der Waals surface area (Å²) in [5, 5.41) is 12.9. The summed E-state index contributed by atoms with van der Waals surface area (Å²) in [6.45, 7) is 0.428. The normalized spacial score (nSPS) is 18.8. The van der Waals surface area contributed by atoms with Gasteiger partial charge in [-0.25, -0.2) is 4.68 Å². The molecule has 2 aliphatic rings. The lowest BCUT2D eigenvalue weighted by Gasteiger charge is -2.37. The van der Waals surface area contributed by atoms with E-state index in [-0.39, 0.29) is 17.7 Å². The van der Waals surface area contributed by atoms with Crippen molar-refractivity contribution < 1.29 is 9.53 Å². The highest BCUT2D eigenvalue weighted by Gasteiger charge is 2.33. The molecule has 2 heterocycles. The Morgan fingerprint density at radius 2 is 1.83 bits per heavy atom. The number of benzene rings is 2. The molecule has 154 valence electrons. The standard InChI is InChI=1S/C22H23N5O2S/c28-21(15-30-22-23-24-25-27(22)17-10-4-5-11-17)26-18-12-6-7-13-20(18)29-14-19(26)16-8-2-1-3-9-16/h1-3,6-9,12-13,17,19H,4-5,10-11,14-15H2/t19-/m0/s1. The smallest absolute Gasteiger partial charge is 0.238 e. The topological polar surface area (TPSA) is 73.1 Å². The summed E-state index contributed by atoms with van der Waals surface area (Å²) in [4.78, 5) is 15.3. The zero-order valence-corrected chi connectivity index (χ0v) is 17.4. The molecule has 0 saturated heterocycles. The molecule has 1 aliphatic carbocycles. The lowest BCUT2D eigenvalue weighted by atomic mass is 10.0. The highest BCUT2D eigenvalue weighted by molar-refractivity contribution is 7.99. The first-order chi connectivity index (χ1) is 14.8. The van der Waals surface area contributed by atoms with Crippen LogP contribution in [0.2, 0.25) is 0 Å². The predicted octanol–water partition coefficient (Wildman–Crippen LogP) is 4.05. The minimum atomic E-state index is -0.167. The van der Waals surface area contributed by atoms with Gasteiger partial charge < -0.3 is 4.74 Å². The average Bonchev–Trinajstić information content (AvgIpc) is 3.49. The van der Waals surface area contributed by atoms with Gasteiger partial charge in [-0.1, -0.05) is 67.1 Å². The molecule has 1 aromatic heterocycles. The maximum Gasteiger partial charge on any atom is 0.238 e. The van der Waals surface area contributed by atoms with Crippen molar-refractivity contribution in [1.29, 1.82) is 0 Å². The summed E-state index contributed by atoms with van der Waals surface area (Å²) in [6.07, 6.45) is 4.60. The Morgan fingerprint density at radius 1 is 1.07 bits per heavy atom. The van der Waals surface area contributed by atoms with Crippen LogP contribution in [-0.2, 0) is 4.79 Å². The molecule has 0 radical (unpaired) electrons. The van der Waals surface area contributed by atoms with Crippen LogP contribution in [0.3, 0.4) is 0 Å². The fraction of sp³-hybridized carbons (Fsp3) is 0.364. The molecule has 0 spiro atoms. The largest absolute Gasteiger partial charge is 0.489 e. The van der Waals surface area contributed by atoms with Crippen molar-refractivity contribution in [3.63, 3.8) is 0 Å². The van der Waals surface area contributed by atoms with E-state index in [1.54, 1.807) is 0 Å². The van der Waals surface area contributed by atoms with Crippen molar-refractivity contribution in [3.05, 3.63) is 60.2 Å². The molecule has 1 atom stereocenters. The minimum Gasteiger partial charge on any atom is -0.489 e. The number of anilines is 1. The van der Waals surface area contributed by atoms with Gasteiger partial charge in [0.05, 0.1) is 23.5 Å². The molecule has 7 nitrogen and oxygen atoms in total. The van der Waals surface area contributed by atoms with Crippen molar-refractivity contribution in [2.24, 2.45) is 0 Å². The molecule has 3 aromatic rings. The van der Waals surface area contributed by atoms with Crippen molar-refractivity contribution in [1.82, 2.24) is 20.2 Å². The lowest BCUT2D eigenvalue weighted by Crippen LogP contribution is -2.42. The second-order valence-corrected chi connectivity index (χ2v) is 8.54. The first kappa shape index (κ1) is 19.1. The van der Waals surface area contributed by atoms with Crippen LogP contribution in [-0.4, -0.2) is 38.5 Å². The van der Waals surface area contributed by atoms with Gasteiger partial charge in [0, 0.05) is 0 Å². The van der Waals surface area contributed by atoms with Gasteiger partial charge >= 0.3 is 0 Å². The number of tetrazole rings is 1. The van der Waals surface area contributed by atoms with Gasteiger partial charge in [-0.15, -0.1) is 5.10 Å². The van der Waals surface area contributed by atoms with Crippen LogP contribution in [0.5, 0.6) is 5.75 Å². The Kier molecular flexibility index (Phi) is 5.40. The maximum atomic E-state index is 13.4. The molecule has 2 aromatic carbocycles. The molecule has 8 heteroatoms. The molecular formula is C22H23N5O2S. The number of hydrogen-bond donors (Lipinski definition) is 0. The second-order valence-electron chi connectivity index (χ2n) is 7.60. The van der Waals surface area contributed by atoms with E-state index in [2.05, 4.69) is 15.5 Å². The number of amides is 1. The molecule has 1 aliphatic heterocycles. The molecule has 0 bridgehead atoms. The van der Waals surface area contributed by atoms with E-state index >= 15 is 0 Å². The number of carbonyl (C=O) groups is 1. The SMILES string of the molecule is O=C(CSc1nnnn1C1CCCC1)N1c2ccccc2OC[C@H]1c1ccccc1. The number of hydrogen-bond acceptors (Lipinski definition) is 6. The number of para-hydroxylation sites is 2.